The zero-order chi connectivity index (χ0) is 8.72. The van der Waals surface area contributed by atoms with Gasteiger partial charge in [0.25, 0.3) is 0 Å². The molecule has 68 valence electrons. The molecule has 2 saturated heterocycles. The van der Waals surface area contributed by atoms with Gasteiger partial charge in [-0.2, -0.15) is 0 Å². The highest BCUT2D eigenvalue weighted by molar-refractivity contribution is 5.66. The van der Waals surface area contributed by atoms with Gasteiger partial charge < -0.3 is 15.1 Å². The van der Waals surface area contributed by atoms with Crippen LogP contribution < -0.4 is 0 Å². The maximum absolute atomic E-state index is 10.8. The van der Waals surface area contributed by atoms with Crippen LogP contribution in [0.5, 0.6) is 0 Å². The lowest BCUT2D eigenvalue weighted by atomic mass is 10.0. The molecule has 0 saturated carbocycles. The minimum absolute atomic E-state index is 0.0799. The number of hydrogen-bond donors (Lipinski definition) is 2. The summed E-state index contributed by atoms with van der Waals surface area (Å²) in [5.74, 6) is 0. The van der Waals surface area contributed by atoms with Crippen LogP contribution in [0.2, 0.25) is 0 Å². The van der Waals surface area contributed by atoms with Crippen LogP contribution in [-0.4, -0.2) is 39.4 Å². The van der Waals surface area contributed by atoms with Crippen LogP contribution in [0.15, 0.2) is 0 Å². The number of rotatable bonds is 0. The summed E-state index contributed by atoms with van der Waals surface area (Å²) < 4.78 is 0. The average molecular weight is 171 g/mol. The second-order valence-electron chi connectivity index (χ2n) is 3.70. The van der Waals surface area contributed by atoms with Gasteiger partial charge in [-0.05, 0) is 25.7 Å². The first-order chi connectivity index (χ1) is 5.68. The molecule has 2 bridgehead atoms. The van der Waals surface area contributed by atoms with Gasteiger partial charge in [-0.15, -0.1) is 0 Å². The van der Waals surface area contributed by atoms with Crippen LogP contribution in [0.25, 0.3) is 0 Å². The SMILES string of the molecule is O=C(O)N1[C@@H]2CC[C@H]1CC(O)C2. The van der Waals surface area contributed by atoms with E-state index in [1.165, 1.54) is 4.90 Å². The van der Waals surface area contributed by atoms with Crippen molar-refractivity contribution in [3.63, 3.8) is 0 Å². The molecule has 0 aromatic rings. The van der Waals surface area contributed by atoms with E-state index in [1.807, 2.05) is 0 Å². The second-order valence-corrected chi connectivity index (χ2v) is 3.70. The van der Waals surface area contributed by atoms with Crippen molar-refractivity contribution < 1.29 is 15.0 Å². The van der Waals surface area contributed by atoms with E-state index >= 15 is 0 Å². The molecule has 0 aromatic carbocycles. The summed E-state index contributed by atoms with van der Waals surface area (Å²) in [6.07, 6.45) is 2.00. The summed E-state index contributed by atoms with van der Waals surface area (Å²) in [6.45, 7) is 0. The fraction of sp³-hybridized carbons (Fsp3) is 0.875. The van der Waals surface area contributed by atoms with Gasteiger partial charge in [-0.1, -0.05) is 0 Å². The van der Waals surface area contributed by atoms with Crippen LogP contribution in [0.3, 0.4) is 0 Å². The number of aliphatic hydroxyl groups is 1. The fourth-order valence-electron chi connectivity index (χ4n) is 2.46. The zero-order valence-corrected chi connectivity index (χ0v) is 6.81. The largest absolute Gasteiger partial charge is 0.465 e. The molecule has 4 nitrogen and oxygen atoms in total. The van der Waals surface area contributed by atoms with E-state index in [9.17, 15) is 9.90 Å². The lowest BCUT2D eigenvalue weighted by Gasteiger charge is -2.34. The molecule has 2 aliphatic heterocycles. The second kappa shape index (κ2) is 2.62. The van der Waals surface area contributed by atoms with Crippen molar-refractivity contribution in [1.82, 2.24) is 4.90 Å². The molecule has 0 aromatic heterocycles. The third-order valence-electron chi connectivity index (χ3n) is 2.93. The Morgan fingerprint density at radius 1 is 1.25 bits per heavy atom. The Balaban J connectivity index is 2.14. The van der Waals surface area contributed by atoms with Crippen LogP contribution in [0.4, 0.5) is 4.79 Å². The molecule has 2 aliphatic rings. The molecule has 0 spiro atoms. The highest BCUT2D eigenvalue weighted by atomic mass is 16.4. The summed E-state index contributed by atoms with van der Waals surface area (Å²) in [5, 5.41) is 18.2. The molecule has 3 atom stereocenters. The minimum atomic E-state index is -0.825. The molecule has 1 unspecified atom stereocenters. The quantitative estimate of drug-likeness (QED) is 0.562. The van der Waals surface area contributed by atoms with Crippen molar-refractivity contribution in [2.45, 2.75) is 43.9 Å². The number of carbonyl (C=O) groups is 1. The molecule has 1 amide bonds. The molecular formula is C8H13NO3. The van der Waals surface area contributed by atoms with Crippen molar-refractivity contribution in [3.05, 3.63) is 0 Å². The van der Waals surface area contributed by atoms with Gasteiger partial charge in [0.1, 0.15) is 0 Å². The maximum atomic E-state index is 10.8. The molecule has 4 heteroatoms. The first kappa shape index (κ1) is 7.86. The Hall–Kier alpha value is -0.770. The zero-order valence-electron chi connectivity index (χ0n) is 6.81. The number of aliphatic hydroxyl groups excluding tert-OH is 1. The molecule has 2 fully saturated rings. The molecule has 12 heavy (non-hydrogen) atoms. The van der Waals surface area contributed by atoms with Gasteiger partial charge in [-0.25, -0.2) is 4.79 Å². The Kier molecular flexibility index (Phi) is 1.72. The van der Waals surface area contributed by atoms with Crippen LogP contribution in [0.1, 0.15) is 25.7 Å². The van der Waals surface area contributed by atoms with E-state index < -0.39 is 6.09 Å². The van der Waals surface area contributed by atoms with E-state index in [0.29, 0.717) is 12.8 Å². The fourth-order valence-corrected chi connectivity index (χ4v) is 2.46. The van der Waals surface area contributed by atoms with Crippen molar-refractivity contribution >= 4 is 6.09 Å². The van der Waals surface area contributed by atoms with Crippen molar-refractivity contribution in [2.75, 3.05) is 0 Å². The number of amides is 1. The first-order valence-electron chi connectivity index (χ1n) is 4.38. The lowest BCUT2D eigenvalue weighted by molar-refractivity contribution is 0.0382. The summed E-state index contributed by atoms with van der Waals surface area (Å²) in [4.78, 5) is 12.3. The topological polar surface area (TPSA) is 60.8 Å². The maximum Gasteiger partial charge on any atom is 0.407 e. The standard InChI is InChI=1S/C8H13NO3/c10-7-3-5-1-2-6(4-7)9(5)8(11)12/h5-7,10H,1-4H2,(H,11,12)/t5-,6+,7?. The highest BCUT2D eigenvalue weighted by Gasteiger charge is 2.42. The lowest BCUT2D eigenvalue weighted by Crippen LogP contribution is -2.47. The molecule has 0 radical (unpaired) electrons. The Morgan fingerprint density at radius 3 is 2.17 bits per heavy atom. The number of nitrogens with zero attached hydrogens (tertiary/aromatic N) is 1. The van der Waals surface area contributed by atoms with Crippen molar-refractivity contribution in [2.24, 2.45) is 0 Å². The third kappa shape index (κ3) is 1.06. The monoisotopic (exact) mass is 171 g/mol. The predicted octanol–water partition coefficient (Wildman–Crippen LogP) is 0.652. The van der Waals surface area contributed by atoms with Crippen molar-refractivity contribution in [1.29, 1.82) is 0 Å². The van der Waals surface area contributed by atoms with Crippen LogP contribution >= 0.6 is 0 Å². The summed E-state index contributed by atoms with van der Waals surface area (Å²) in [7, 11) is 0. The van der Waals surface area contributed by atoms with Crippen LogP contribution in [0, 0.1) is 0 Å². The van der Waals surface area contributed by atoms with E-state index in [2.05, 4.69) is 0 Å². The minimum Gasteiger partial charge on any atom is -0.465 e. The van der Waals surface area contributed by atoms with E-state index in [4.69, 9.17) is 5.11 Å². The summed E-state index contributed by atoms with van der Waals surface area (Å²) in [5.41, 5.74) is 0. The number of carboxylic acid groups (broad SMARTS) is 1. The molecule has 0 aliphatic carbocycles. The predicted molar refractivity (Wildman–Crippen MR) is 41.9 cm³/mol. The number of piperidine rings is 1. The molecule has 2 rings (SSSR count). The molecular weight excluding hydrogens is 158 g/mol. The Morgan fingerprint density at radius 2 is 1.75 bits per heavy atom. The summed E-state index contributed by atoms with van der Waals surface area (Å²) in [6, 6.07) is 0.160. The van der Waals surface area contributed by atoms with Gasteiger partial charge in [-0.3, -0.25) is 0 Å². The molecule has 2 heterocycles. The first-order valence-corrected chi connectivity index (χ1v) is 4.38. The highest BCUT2D eigenvalue weighted by Crippen LogP contribution is 2.35. The van der Waals surface area contributed by atoms with Gasteiger partial charge in [0.15, 0.2) is 0 Å². The van der Waals surface area contributed by atoms with E-state index in [0.717, 1.165) is 12.8 Å². The smallest absolute Gasteiger partial charge is 0.407 e. The van der Waals surface area contributed by atoms with Crippen molar-refractivity contribution in [3.8, 4) is 0 Å². The summed E-state index contributed by atoms with van der Waals surface area (Å²) >= 11 is 0. The Bertz CT molecular complexity index is 192. The number of hydrogen-bond acceptors (Lipinski definition) is 2. The molecule has 2 N–H and O–H groups in total. The van der Waals surface area contributed by atoms with E-state index in [1.54, 1.807) is 0 Å². The van der Waals surface area contributed by atoms with Crippen LogP contribution in [-0.2, 0) is 0 Å². The van der Waals surface area contributed by atoms with Gasteiger partial charge in [0, 0.05) is 12.1 Å². The van der Waals surface area contributed by atoms with Gasteiger partial charge >= 0.3 is 6.09 Å². The number of fused-ring (bicyclic) bond motifs is 2. The van der Waals surface area contributed by atoms with Gasteiger partial charge in [0.2, 0.25) is 0 Å². The van der Waals surface area contributed by atoms with Gasteiger partial charge in [0.05, 0.1) is 6.10 Å². The normalized spacial score (nSPS) is 40.1. The Labute approximate surface area is 70.8 Å². The third-order valence-corrected chi connectivity index (χ3v) is 2.93. The average Bonchev–Trinajstić information content (AvgIpc) is 2.24. The van der Waals surface area contributed by atoms with E-state index in [-0.39, 0.29) is 18.2 Å².